The summed E-state index contributed by atoms with van der Waals surface area (Å²) in [6, 6.07) is 8.85. The Kier molecular flexibility index (Phi) is 4.51. The van der Waals surface area contributed by atoms with E-state index in [9.17, 15) is 9.90 Å². The van der Waals surface area contributed by atoms with Crippen LogP contribution < -0.4 is 11.5 Å². The number of carboxylic acids is 1. The highest BCUT2D eigenvalue weighted by Gasteiger charge is 2.21. The van der Waals surface area contributed by atoms with E-state index in [1.165, 1.54) is 0 Å². The lowest BCUT2D eigenvalue weighted by molar-refractivity contribution is -0.139. The Balaban J connectivity index is 2.82. The molecular formula is C12H17N3O2. The number of guanidine groups is 1. The van der Waals surface area contributed by atoms with E-state index in [1.54, 1.807) is 19.1 Å². The van der Waals surface area contributed by atoms with E-state index in [0.29, 0.717) is 6.42 Å². The van der Waals surface area contributed by atoms with Gasteiger partial charge in [-0.25, -0.2) is 0 Å². The van der Waals surface area contributed by atoms with E-state index >= 15 is 0 Å². The maximum absolute atomic E-state index is 11.2. The van der Waals surface area contributed by atoms with Gasteiger partial charge in [-0.2, -0.15) is 0 Å². The second kappa shape index (κ2) is 5.89. The average molecular weight is 235 g/mol. The van der Waals surface area contributed by atoms with Crippen LogP contribution in [0.15, 0.2) is 35.3 Å². The van der Waals surface area contributed by atoms with E-state index in [2.05, 4.69) is 4.99 Å². The molecule has 17 heavy (non-hydrogen) atoms. The molecule has 0 heterocycles. The molecule has 0 bridgehead atoms. The number of carboxylic acid groups (broad SMARTS) is 1. The van der Waals surface area contributed by atoms with Gasteiger partial charge in [0.15, 0.2) is 5.96 Å². The van der Waals surface area contributed by atoms with Gasteiger partial charge in [0.05, 0.1) is 12.0 Å². The van der Waals surface area contributed by atoms with Crippen molar-refractivity contribution in [2.45, 2.75) is 25.3 Å². The van der Waals surface area contributed by atoms with E-state index in [4.69, 9.17) is 11.5 Å². The number of rotatable bonds is 5. The molecule has 0 aliphatic carbocycles. The Hall–Kier alpha value is -2.04. The normalized spacial score (nSPS) is 13.7. The molecule has 92 valence electrons. The quantitative estimate of drug-likeness (QED) is 0.521. The highest BCUT2D eigenvalue weighted by molar-refractivity contribution is 5.77. The standard InChI is InChI=1S/C12H17N3O2/c1-8(15-12(13)14)7-10(11(16)17)9-5-3-2-4-6-9/h2-6,8,10H,7H2,1H3,(H,16,17)(H4,13,14,15). The predicted octanol–water partition coefficient (Wildman–Crippen LogP) is 0.907. The van der Waals surface area contributed by atoms with Crippen LogP contribution in [0.5, 0.6) is 0 Å². The first-order valence-electron chi connectivity index (χ1n) is 5.37. The highest BCUT2D eigenvalue weighted by atomic mass is 16.4. The first kappa shape index (κ1) is 13.0. The second-order valence-corrected chi connectivity index (χ2v) is 3.94. The van der Waals surface area contributed by atoms with Crippen LogP contribution in [0.3, 0.4) is 0 Å². The Morgan fingerprint density at radius 2 is 1.94 bits per heavy atom. The Labute approximate surface area is 100 Å². The summed E-state index contributed by atoms with van der Waals surface area (Å²) in [5, 5.41) is 9.20. The van der Waals surface area contributed by atoms with Crippen molar-refractivity contribution in [2.24, 2.45) is 16.5 Å². The lowest BCUT2D eigenvalue weighted by Crippen LogP contribution is -2.26. The van der Waals surface area contributed by atoms with Gasteiger partial charge in [0, 0.05) is 0 Å². The molecular weight excluding hydrogens is 218 g/mol. The minimum absolute atomic E-state index is 0.0188. The molecule has 0 radical (unpaired) electrons. The fourth-order valence-corrected chi connectivity index (χ4v) is 1.71. The molecule has 5 nitrogen and oxygen atoms in total. The maximum atomic E-state index is 11.2. The van der Waals surface area contributed by atoms with Gasteiger partial charge in [-0.15, -0.1) is 0 Å². The SMILES string of the molecule is CC(CC(C(=O)O)c1ccccc1)N=C(N)N. The first-order chi connectivity index (χ1) is 8.00. The minimum Gasteiger partial charge on any atom is -0.481 e. The van der Waals surface area contributed by atoms with E-state index in [-0.39, 0.29) is 12.0 Å². The molecule has 0 aliphatic rings. The summed E-state index contributed by atoms with van der Waals surface area (Å²) in [4.78, 5) is 15.1. The van der Waals surface area contributed by atoms with Gasteiger partial charge in [0.25, 0.3) is 0 Å². The van der Waals surface area contributed by atoms with Crippen molar-refractivity contribution < 1.29 is 9.90 Å². The van der Waals surface area contributed by atoms with Crippen LogP contribution in [0, 0.1) is 0 Å². The lowest BCUT2D eigenvalue weighted by atomic mass is 9.93. The zero-order valence-corrected chi connectivity index (χ0v) is 9.71. The summed E-state index contributed by atoms with van der Waals surface area (Å²) in [6.07, 6.45) is 0.372. The number of benzene rings is 1. The molecule has 5 heteroatoms. The molecule has 0 spiro atoms. The Morgan fingerprint density at radius 3 is 2.41 bits per heavy atom. The number of nitrogens with two attached hydrogens (primary N) is 2. The van der Waals surface area contributed by atoms with Gasteiger partial charge in [-0.05, 0) is 18.9 Å². The summed E-state index contributed by atoms with van der Waals surface area (Å²) in [6.45, 7) is 1.79. The predicted molar refractivity (Wildman–Crippen MR) is 66.7 cm³/mol. The van der Waals surface area contributed by atoms with Crippen molar-refractivity contribution >= 4 is 11.9 Å². The third kappa shape index (κ3) is 4.14. The van der Waals surface area contributed by atoms with Crippen LogP contribution in [0.25, 0.3) is 0 Å². The van der Waals surface area contributed by atoms with E-state index < -0.39 is 11.9 Å². The summed E-state index contributed by atoms with van der Waals surface area (Å²) >= 11 is 0. The molecule has 1 rings (SSSR count). The second-order valence-electron chi connectivity index (χ2n) is 3.94. The largest absolute Gasteiger partial charge is 0.481 e. The minimum atomic E-state index is -0.867. The molecule has 2 atom stereocenters. The summed E-state index contributed by atoms with van der Waals surface area (Å²) in [5.41, 5.74) is 11.3. The van der Waals surface area contributed by atoms with Crippen LogP contribution in [-0.2, 0) is 4.79 Å². The van der Waals surface area contributed by atoms with Crippen molar-refractivity contribution in [1.82, 2.24) is 0 Å². The Bertz CT molecular complexity index is 399. The number of hydrogen-bond acceptors (Lipinski definition) is 2. The van der Waals surface area contributed by atoms with Crippen LogP contribution in [-0.4, -0.2) is 23.1 Å². The summed E-state index contributed by atoms with van der Waals surface area (Å²) < 4.78 is 0. The van der Waals surface area contributed by atoms with Crippen LogP contribution in [0.4, 0.5) is 0 Å². The molecule has 0 saturated carbocycles. The first-order valence-corrected chi connectivity index (χ1v) is 5.37. The monoisotopic (exact) mass is 235 g/mol. The topological polar surface area (TPSA) is 102 Å². The fraction of sp³-hybridized carbons (Fsp3) is 0.333. The highest BCUT2D eigenvalue weighted by Crippen LogP contribution is 2.22. The molecule has 0 saturated heterocycles. The van der Waals surface area contributed by atoms with Crippen molar-refractivity contribution in [3.05, 3.63) is 35.9 Å². The fourth-order valence-electron chi connectivity index (χ4n) is 1.71. The van der Waals surface area contributed by atoms with Gasteiger partial charge >= 0.3 is 5.97 Å². The van der Waals surface area contributed by atoms with Gasteiger partial charge in [0.1, 0.15) is 0 Å². The van der Waals surface area contributed by atoms with Gasteiger partial charge in [0.2, 0.25) is 0 Å². The number of aliphatic carboxylic acids is 1. The zero-order valence-electron chi connectivity index (χ0n) is 9.71. The van der Waals surface area contributed by atoms with Gasteiger partial charge in [-0.3, -0.25) is 9.79 Å². The lowest BCUT2D eigenvalue weighted by Gasteiger charge is -2.15. The van der Waals surface area contributed by atoms with E-state index in [1.807, 2.05) is 18.2 Å². The number of aliphatic imine (C=N–C) groups is 1. The zero-order chi connectivity index (χ0) is 12.8. The molecule has 0 aliphatic heterocycles. The molecule has 0 fully saturated rings. The number of hydrogen-bond donors (Lipinski definition) is 3. The van der Waals surface area contributed by atoms with E-state index in [0.717, 1.165) is 5.56 Å². The number of carbonyl (C=O) groups is 1. The van der Waals surface area contributed by atoms with Crippen LogP contribution in [0.1, 0.15) is 24.8 Å². The smallest absolute Gasteiger partial charge is 0.311 e. The number of nitrogens with zero attached hydrogens (tertiary/aromatic N) is 1. The Morgan fingerprint density at radius 1 is 1.35 bits per heavy atom. The third-order valence-electron chi connectivity index (χ3n) is 2.45. The van der Waals surface area contributed by atoms with Crippen molar-refractivity contribution in [1.29, 1.82) is 0 Å². The third-order valence-corrected chi connectivity index (χ3v) is 2.45. The van der Waals surface area contributed by atoms with Gasteiger partial charge < -0.3 is 16.6 Å². The molecule has 5 N–H and O–H groups in total. The molecule has 0 amide bonds. The van der Waals surface area contributed by atoms with Crippen molar-refractivity contribution in [3.63, 3.8) is 0 Å². The molecule has 2 unspecified atom stereocenters. The summed E-state index contributed by atoms with van der Waals surface area (Å²) in [5.74, 6) is -1.47. The van der Waals surface area contributed by atoms with Gasteiger partial charge in [-0.1, -0.05) is 30.3 Å². The maximum Gasteiger partial charge on any atom is 0.311 e. The van der Waals surface area contributed by atoms with Crippen LogP contribution in [0.2, 0.25) is 0 Å². The molecule has 1 aromatic carbocycles. The average Bonchev–Trinajstić information content (AvgIpc) is 2.25. The van der Waals surface area contributed by atoms with Crippen molar-refractivity contribution in [3.8, 4) is 0 Å². The summed E-state index contributed by atoms with van der Waals surface area (Å²) in [7, 11) is 0. The molecule has 0 aromatic heterocycles. The van der Waals surface area contributed by atoms with Crippen LogP contribution >= 0.6 is 0 Å². The molecule has 1 aromatic rings. The van der Waals surface area contributed by atoms with Crippen molar-refractivity contribution in [2.75, 3.05) is 0 Å².